The van der Waals surface area contributed by atoms with Gasteiger partial charge in [-0.05, 0) is 65.3 Å². The number of nitrogens with one attached hydrogen (secondary N) is 1. The zero-order valence-electron chi connectivity index (χ0n) is 15.1. The minimum absolute atomic E-state index is 0.0888. The molecule has 1 atom stereocenters. The van der Waals surface area contributed by atoms with E-state index < -0.39 is 0 Å². The molecule has 1 aliphatic rings. The Kier molecular flexibility index (Phi) is 6.51. The number of aryl methyl sites for hydroxylation is 1. The van der Waals surface area contributed by atoms with Crippen molar-refractivity contribution in [2.45, 2.75) is 51.6 Å². The van der Waals surface area contributed by atoms with Gasteiger partial charge in [-0.1, -0.05) is 0 Å². The third kappa shape index (κ3) is 4.74. The van der Waals surface area contributed by atoms with E-state index >= 15 is 0 Å². The summed E-state index contributed by atoms with van der Waals surface area (Å²) in [4.78, 5) is 16.8. The first kappa shape index (κ1) is 17.9. The molecule has 1 fully saturated rings. The number of unbranched alkanes of at least 4 members (excludes halogenated alkanes) is 1. The van der Waals surface area contributed by atoms with E-state index in [9.17, 15) is 4.79 Å². The van der Waals surface area contributed by atoms with Crippen molar-refractivity contribution in [3.63, 3.8) is 0 Å². The van der Waals surface area contributed by atoms with Gasteiger partial charge >= 0.3 is 6.03 Å². The summed E-state index contributed by atoms with van der Waals surface area (Å²) < 4.78 is 2.12. The molecule has 5 heteroatoms. The van der Waals surface area contributed by atoms with Gasteiger partial charge in [-0.2, -0.15) is 0 Å². The van der Waals surface area contributed by atoms with Crippen LogP contribution in [0.4, 0.5) is 4.79 Å². The zero-order chi connectivity index (χ0) is 16.8. The Balaban J connectivity index is 1.74. The van der Waals surface area contributed by atoms with Crippen LogP contribution in [0.15, 0.2) is 18.3 Å². The molecule has 5 nitrogen and oxygen atoms in total. The molecule has 0 aliphatic carbocycles. The van der Waals surface area contributed by atoms with Gasteiger partial charge in [0.05, 0.1) is 6.04 Å². The lowest BCUT2D eigenvalue weighted by molar-refractivity contribution is 0.191. The Bertz CT molecular complexity index is 497. The van der Waals surface area contributed by atoms with Gasteiger partial charge in [0.15, 0.2) is 0 Å². The number of amides is 2. The Hall–Kier alpha value is -1.49. The Labute approximate surface area is 140 Å². The summed E-state index contributed by atoms with van der Waals surface area (Å²) >= 11 is 0. The van der Waals surface area contributed by atoms with Crippen molar-refractivity contribution in [2.75, 3.05) is 26.7 Å². The lowest BCUT2D eigenvalue weighted by Gasteiger charge is -2.26. The van der Waals surface area contributed by atoms with Crippen molar-refractivity contribution in [3.05, 3.63) is 24.0 Å². The zero-order valence-corrected chi connectivity index (χ0v) is 15.1. The van der Waals surface area contributed by atoms with Crippen molar-refractivity contribution in [1.82, 2.24) is 19.7 Å². The predicted octanol–water partition coefficient (Wildman–Crippen LogP) is 2.99. The van der Waals surface area contributed by atoms with E-state index in [0.717, 1.165) is 45.3 Å². The number of aromatic nitrogens is 1. The maximum absolute atomic E-state index is 12.5. The largest absolute Gasteiger partial charge is 0.353 e. The number of urea groups is 1. The molecule has 1 saturated heterocycles. The highest BCUT2D eigenvalue weighted by atomic mass is 16.2. The van der Waals surface area contributed by atoms with Crippen LogP contribution in [0.5, 0.6) is 0 Å². The predicted molar refractivity (Wildman–Crippen MR) is 94.5 cm³/mol. The fraction of sp³-hybridized carbons (Fsp3) is 0.722. The molecule has 1 N–H and O–H groups in total. The summed E-state index contributed by atoms with van der Waals surface area (Å²) in [6.07, 6.45) is 6.35. The van der Waals surface area contributed by atoms with Crippen molar-refractivity contribution in [1.29, 1.82) is 0 Å². The summed E-state index contributed by atoms with van der Waals surface area (Å²) in [5.41, 5.74) is 1.23. The maximum atomic E-state index is 12.5. The molecule has 2 heterocycles. The van der Waals surface area contributed by atoms with E-state index in [0.29, 0.717) is 6.04 Å². The first-order valence-corrected chi connectivity index (χ1v) is 8.86. The van der Waals surface area contributed by atoms with Crippen LogP contribution in [0.2, 0.25) is 0 Å². The highest BCUT2D eigenvalue weighted by Gasteiger charge is 2.30. The number of rotatable bonds is 7. The quantitative estimate of drug-likeness (QED) is 0.785. The monoisotopic (exact) mass is 320 g/mol. The SMILES string of the molecule is CC(C)N(C)CCCCNC(=O)N1CCCC1c1cccn1C. The minimum atomic E-state index is 0.0888. The Morgan fingerprint density at radius 1 is 1.43 bits per heavy atom. The van der Waals surface area contributed by atoms with Crippen LogP contribution in [0.3, 0.4) is 0 Å². The van der Waals surface area contributed by atoms with E-state index in [1.165, 1.54) is 5.69 Å². The molecule has 0 spiro atoms. The van der Waals surface area contributed by atoms with Gasteiger partial charge in [0, 0.05) is 38.1 Å². The van der Waals surface area contributed by atoms with Crippen LogP contribution >= 0.6 is 0 Å². The molecular formula is C18H32N4O. The van der Waals surface area contributed by atoms with Gasteiger partial charge < -0.3 is 19.7 Å². The molecule has 0 radical (unpaired) electrons. The number of nitrogens with zero attached hydrogens (tertiary/aromatic N) is 3. The molecular weight excluding hydrogens is 288 g/mol. The molecule has 0 saturated carbocycles. The third-order valence-electron chi connectivity index (χ3n) is 4.93. The Morgan fingerprint density at radius 3 is 2.87 bits per heavy atom. The highest BCUT2D eigenvalue weighted by Crippen LogP contribution is 2.31. The molecule has 0 bridgehead atoms. The fourth-order valence-electron chi connectivity index (χ4n) is 3.18. The van der Waals surface area contributed by atoms with Gasteiger partial charge in [0.25, 0.3) is 0 Å². The normalized spacial score (nSPS) is 18.2. The van der Waals surface area contributed by atoms with E-state index in [4.69, 9.17) is 0 Å². The van der Waals surface area contributed by atoms with Gasteiger partial charge in [-0.3, -0.25) is 0 Å². The molecule has 130 valence electrons. The van der Waals surface area contributed by atoms with Crippen LogP contribution in [0, 0.1) is 0 Å². The Morgan fingerprint density at radius 2 is 2.22 bits per heavy atom. The average molecular weight is 320 g/mol. The number of carbonyl (C=O) groups is 1. The van der Waals surface area contributed by atoms with Crippen LogP contribution in [-0.4, -0.2) is 53.1 Å². The fourth-order valence-corrected chi connectivity index (χ4v) is 3.18. The summed E-state index contributed by atoms with van der Waals surface area (Å²) in [6.45, 7) is 7.12. The van der Waals surface area contributed by atoms with Crippen molar-refractivity contribution >= 4 is 6.03 Å². The summed E-state index contributed by atoms with van der Waals surface area (Å²) in [6, 6.07) is 5.07. The highest BCUT2D eigenvalue weighted by molar-refractivity contribution is 5.75. The summed E-state index contributed by atoms with van der Waals surface area (Å²) in [5.74, 6) is 0. The molecule has 1 aromatic rings. The molecule has 23 heavy (non-hydrogen) atoms. The van der Waals surface area contributed by atoms with Gasteiger partial charge in [0.1, 0.15) is 0 Å². The van der Waals surface area contributed by atoms with Gasteiger partial charge in [-0.25, -0.2) is 4.79 Å². The number of likely N-dealkylation sites (tertiary alicyclic amines) is 1. The molecule has 0 aromatic carbocycles. The second-order valence-electron chi connectivity index (χ2n) is 6.91. The van der Waals surface area contributed by atoms with Crippen LogP contribution in [0.1, 0.15) is 51.3 Å². The van der Waals surface area contributed by atoms with Crippen molar-refractivity contribution in [3.8, 4) is 0 Å². The second-order valence-corrected chi connectivity index (χ2v) is 6.91. The minimum Gasteiger partial charge on any atom is -0.353 e. The standard InChI is InChI=1S/C18H32N4O/c1-15(2)20(3)12-6-5-11-19-18(23)22-14-8-10-17(22)16-9-7-13-21(16)4/h7,9,13,15,17H,5-6,8,10-12,14H2,1-4H3,(H,19,23). The molecule has 2 amide bonds. The molecule has 1 aliphatic heterocycles. The van der Waals surface area contributed by atoms with Gasteiger partial charge in [-0.15, -0.1) is 0 Å². The molecule has 1 unspecified atom stereocenters. The van der Waals surface area contributed by atoms with Crippen molar-refractivity contribution < 1.29 is 4.79 Å². The molecule has 1 aromatic heterocycles. The third-order valence-corrected chi connectivity index (χ3v) is 4.93. The van der Waals surface area contributed by atoms with E-state index in [1.54, 1.807) is 0 Å². The van der Waals surface area contributed by atoms with Crippen LogP contribution in [0.25, 0.3) is 0 Å². The summed E-state index contributed by atoms with van der Waals surface area (Å²) in [7, 11) is 4.20. The number of hydrogen-bond donors (Lipinski definition) is 1. The second kappa shape index (κ2) is 8.39. The number of carbonyl (C=O) groups excluding carboxylic acids is 1. The first-order chi connectivity index (χ1) is 11.0. The maximum Gasteiger partial charge on any atom is 0.317 e. The topological polar surface area (TPSA) is 40.5 Å². The molecule has 2 rings (SSSR count). The number of hydrogen-bond acceptors (Lipinski definition) is 2. The summed E-state index contributed by atoms with van der Waals surface area (Å²) in [5, 5.41) is 3.10. The van der Waals surface area contributed by atoms with Crippen molar-refractivity contribution in [2.24, 2.45) is 7.05 Å². The van der Waals surface area contributed by atoms with E-state index in [-0.39, 0.29) is 12.1 Å². The first-order valence-electron chi connectivity index (χ1n) is 8.86. The lowest BCUT2D eigenvalue weighted by Crippen LogP contribution is -2.40. The average Bonchev–Trinajstić information content (AvgIpc) is 3.14. The van der Waals surface area contributed by atoms with Gasteiger partial charge in [0.2, 0.25) is 0 Å². The van der Waals surface area contributed by atoms with E-state index in [1.807, 2.05) is 4.90 Å². The smallest absolute Gasteiger partial charge is 0.317 e. The van der Waals surface area contributed by atoms with E-state index in [2.05, 4.69) is 61.1 Å². The lowest BCUT2D eigenvalue weighted by atomic mass is 10.1. The van der Waals surface area contributed by atoms with Crippen LogP contribution in [-0.2, 0) is 7.05 Å². The van der Waals surface area contributed by atoms with Crippen LogP contribution < -0.4 is 5.32 Å².